The molecule has 1 amide bonds. The maximum Gasteiger partial charge on any atom is 0.246 e. The van der Waals surface area contributed by atoms with E-state index >= 15 is 0 Å². The van der Waals surface area contributed by atoms with Crippen LogP contribution in [-0.4, -0.2) is 54.7 Å². The first-order valence-corrected chi connectivity index (χ1v) is 10.0. The van der Waals surface area contributed by atoms with Crippen LogP contribution < -0.4 is 0 Å². The molecule has 2 heterocycles. The average molecular weight is 413 g/mol. The van der Waals surface area contributed by atoms with Gasteiger partial charge in [-0.05, 0) is 30.2 Å². The summed E-state index contributed by atoms with van der Waals surface area (Å²) in [6.07, 6.45) is 4.09. The fourth-order valence-corrected chi connectivity index (χ4v) is 4.46. The molecule has 0 unspecified atom stereocenters. The van der Waals surface area contributed by atoms with Crippen LogP contribution in [0.25, 0.3) is 0 Å². The second kappa shape index (κ2) is 8.27. The van der Waals surface area contributed by atoms with E-state index in [9.17, 15) is 26.4 Å². The lowest BCUT2D eigenvalue weighted by Gasteiger charge is -2.34. The van der Waals surface area contributed by atoms with Crippen LogP contribution in [0.2, 0.25) is 0 Å². The number of aryl methyl sites for hydroxylation is 1. The van der Waals surface area contributed by atoms with Crippen molar-refractivity contribution in [2.24, 2.45) is 0 Å². The first-order valence-electron chi connectivity index (χ1n) is 8.61. The molecule has 1 aliphatic rings. The van der Waals surface area contributed by atoms with Crippen LogP contribution in [0.15, 0.2) is 41.6 Å². The zero-order valence-corrected chi connectivity index (χ0v) is 15.6. The molecule has 1 aromatic carbocycles. The van der Waals surface area contributed by atoms with Crippen molar-refractivity contribution in [2.75, 3.05) is 26.2 Å². The summed E-state index contributed by atoms with van der Waals surface area (Å²) in [6.45, 7) is 0.158. The number of rotatable bonds is 5. The maximum atomic E-state index is 13.9. The molecule has 1 aromatic heterocycles. The molecule has 0 saturated carbocycles. The molecule has 0 radical (unpaired) electrons. The summed E-state index contributed by atoms with van der Waals surface area (Å²) in [6, 6.07) is 4.92. The molecule has 0 atom stereocenters. The van der Waals surface area contributed by atoms with Gasteiger partial charge in [-0.3, -0.25) is 9.78 Å². The quantitative estimate of drug-likeness (QED) is 0.703. The molecule has 6 nitrogen and oxygen atoms in total. The van der Waals surface area contributed by atoms with Crippen molar-refractivity contribution in [3.05, 3.63) is 59.7 Å². The lowest BCUT2D eigenvalue weighted by molar-refractivity contribution is -0.132. The molecule has 1 aliphatic heterocycles. The molecule has 0 bridgehead atoms. The number of nitrogens with zero attached hydrogens (tertiary/aromatic N) is 3. The molecule has 150 valence electrons. The fourth-order valence-electron chi connectivity index (χ4n) is 2.98. The molecular weight excluding hydrogens is 395 g/mol. The van der Waals surface area contributed by atoms with E-state index in [2.05, 4.69) is 4.98 Å². The highest BCUT2D eigenvalue weighted by molar-refractivity contribution is 7.89. The highest BCUT2D eigenvalue weighted by Gasteiger charge is 2.33. The van der Waals surface area contributed by atoms with E-state index in [1.807, 2.05) is 6.07 Å². The van der Waals surface area contributed by atoms with Crippen LogP contribution in [0.3, 0.4) is 0 Å². The molecule has 1 fully saturated rings. The van der Waals surface area contributed by atoms with E-state index in [0.717, 1.165) is 9.87 Å². The Kier molecular flexibility index (Phi) is 5.99. The van der Waals surface area contributed by atoms with Gasteiger partial charge in [0, 0.05) is 45.0 Å². The minimum Gasteiger partial charge on any atom is -0.340 e. The monoisotopic (exact) mass is 413 g/mol. The summed E-state index contributed by atoms with van der Waals surface area (Å²) in [5, 5.41) is 0. The van der Waals surface area contributed by atoms with Crippen LogP contribution >= 0.6 is 0 Å². The highest BCUT2D eigenvalue weighted by Crippen LogP contribution is 2.24. The molecule has 10 heteroatoms. The second-order valence-electron chi connectivity index (χ2n) is 6.32. The predicted octanol–water partition coefficient (Wildman–Crippen LogP) is 1.96. The van der Waals surface area contributed by atoms with E-state index in [1.54, 1.807) is 18.5 Å². The molecule has 0 spiro atoms. The van der Waals surface area contributed by atoms with Gasteiger partial charge in [0.2, 0.25) is 15.9 Å². The molecule has 0 N–H and O–H groups in total. The third-order valence-corrected chi connectivity index (χ3v) is 6.48. The third kappa shape index (κ3) is 4.17. The predicted molar refractivity (Wildman–Crippen MR) is 94.2 cm³/mol. The van der Waals surface area contributed by atoms with Gasteiger partial charge in [-0.15, -0.1) is 0 Å². The van der Waals surface area contributed by atoms with Crippen molar-refractivity contribution in [1.82, 2.24) is 14.2 Å². The largest absolute Gasteiger partial charge is 0.340 e. The van der Waals surface area contributed by atoms with E-state index in [-0.39, 0.29) is 38.5 Å². The molecule has 3 rings (SSSR count). The zero-order valence-electron chi connectivity index (χ0n) is 14.8. The van der Waals surface area contributed by atoms with E-state index in [1.165, 1.54) is 4.90 Å². The minimum atomic E-state index is -4.33. The Hall–Kier alpha value is -2.46. The number of hydrogen-bond acceptors (Lipinski definition) is 4. The lowest BCUT2D eigenvalue weighted by atomic mass is 10.1. The number of piperazine rings is 1. The number of amides is 1. The summed E-state index contributed by atoms with van der Waals surface area (Å²) in [5.41, 5.74) is 0.922. The van der Waals surface area contributed by atoms with Crippen molar-refractivity contribution in [2.45, 2.75) is 17.7 Å². The number of hydrogen-bond donors (Lipinski definition) is 0. The zero-order chi connectivity index (χ0) is 20.3. The van der Waals surface area contributed by atoms with Gasteiger partial charge in [-0.2, -0.15) is 4.31 Å². The molecule has 28 heavy (non-hydrogen) atoms. The Morgan fingerprint density at radius 1 is 1.04 bits per heavy atom. The van der Waals surface area contributed by atoms with Gasteiger partial charge in [0.25, 0.3) is 0 Å². The smallest absolute Gasteiger partial charge is 0.246 e. The van der Waals surface area contributed by atoms with Gasteiger partial charge in [0.1, 0.15) is 4.90 Å². The number of halogens is 3. The van der Waals surface area contributed by atoms with E-state index in [0.29, 0.717) is 18.6 Å². The van der Waals surface area contributed by atoms with Crippen LogP contribution in [0.1, 0.15) is 12.0 Å². The highest BCUT2D eigenvalue weighted by atomic mass is 32.2. The first kappa shape index (κ1) is 20.3. The normalized spacial score (nSPS) is 15.6. The number of carbonyl (C=O) groups is 1. The van der Waals surface area contributed by atoms with Gasteiger partial charge in [-0.25, -0.2) is 21.6 Å². The SMILES string of the molecule is O=C(CCc1cccnc1)N1CCN(S(=O)(=O)c2ccc(F)c(F)c2F)CC1. The van der Waals surface area contributed by atoms with E-state index in [4.69, 9.17) is 0 Å². The minimum absolute atomic E-state index is 0.0561. The van der Waals surface area contributed by atoms with Crippen molar-refractivity contribution in [3.63, 3.8) is 0 Å². The van der Waals surface area contributed by atoms with Gasteiger partial charge in [0.15, 0.2) is 17.5 Å². The Labute approximate surface area is 160 Å². The Morgan fingerprint density at radius 3 is 2.39 bits per heavy atom. The maximum absolute atomic E-state index is 13.9. The Morgan fingerprint density at radius 2 is 1.75 bits per heavy atom. The third-order valence-electron chi connectivity index (χ3n) is 4.56. The summed E-state index contributed by atoms with van der Waals surface area (Å²) >= 11 is 0. The molecule has 1 saturated heterocycles. The van der Waals surface area contributed by atoms with Gasteiger partial charge in [0.05, 0.1) is 0 Å². The number of aromatic nitrogens is 1. The molecule has 0 aliphatic carbocycles. The van der Waals surface area contributed by atoms with Crippen molar-refractivity contribution in [3.8, 4) is 0 Å². The van der Waals surface area contributed by atoms with Gasteiger partial charge >= 0.3 is 0 Å². The van der Waals surface area contributed by atoms with E-state index < -0.39 is 32.4 Å². The first-order chi connectivity index (χ1) is 13.3. The Bertz CT molecular complexity index is 963. The fraction of sp³-hybridized carbons (Fsp3) is 0.333. The number of benzene rings is 1. The topological polar surface area (TPSA) is 70.6 Å². The number of carbonyl (C=O) groups excluding carboxylic acids is 1. The Balaban J connectivity index is 1.61. The summed E-state index contributed by atoms with van der Waals surface area (Å²) < 4.78 is 66.4. The number of pyridine rings is 1. The summed E-state index contributed by atoms with van der Waals surface area (Å²) in [5.74, 6) is -5.15. The van der Waals surface area contributed by atoms with Crippen LogP contribution in [0.4, 0.5) is 13.2 Å². The number of sulfonamides is 1. The van der Waals surface area contributed by atoms with Crippen molar-refractivity contribution in [1.29, 1.82) is 0 Å². The van der Waals surface area contributed by atoms with Crippen molar-refractivity contribution < 1.29 is 26.4 Å². The van der Waals surface area contributed by atoms with Crippen LogP contribution in [0.5, 0.6) is 0 Å². The second-order valence-corrected chi connectivity index (χ2v) is 8.23. The molecular formula is C18H18F3N3O3S. The van der Waals surface area contributed by atoms with Gasteiger partial charge in [-0.1, -0.05) is 6.07 Å². The standard InChI is InChI=1S/C18H18F3N3O3S/c19-14-4-5-15(18(21)17(14)20)28(26,27)24-10-8-23(9-11-24)16(25)6-3-13-2-1-7-22-12-13/h1-2,4-5,7,12H,3,6,8-11H2. The summed E-state index contributed by atoms with van der Waals surface area (Å²) in [4.78, 5) is 16.9. The average Bonchev–Trinajstić information content (AvgIpc) is 2.71. The molecule has 2 aromatic rings. The summed E-state index contributed by atoms with van der Waals surface area (Å²) in [7, 11) is -4.33. The van der Waals surface area contributed by atoms with Crippen LogP contribution in [-0.2, 0) is 21.2 Å². The van der Waals surface area contributed by atoms with Crippen molar-refractivity contribution >= 4 is 15.9 Å². The van der Waals surface area contributed by atoms with Gasteiger partial charge < -0.3 is 4.90 Å². The lowest BCUT2D eigenvalue weighted by Crippen LogP contribution is -2.50. The van der Waals surface area contributed by atoms with Crippen LogP contribution in [0, 0.1) is 17.5 Å².